The lowest BCUT2D eigenvalue weighted by atomic mass is 10.0. The highest BCUT2D eigenvalue weighted by Crippen LogP contribution is 2.18. The average molecular weight is 279 g/mol. The van der Waals surface area contributed by atoms with E-state index >= 15 is 0 Å². The molecule has 0 saturated heterocycles. The largest absolute Gasteiger partial charge is 0.480 e. The lowest BCUT2D eigenvalue weighted by molar-refractivity contribution is -0.130. The van der Waals surface area contributed by atoms with Crippen LogP contribution in [0.15, 0.2) is 42.2 Å². The summed E-state index contributed by atoms with van der Waals surface area (Å²) in [4.78, 5) is 11.9. The van der Waals surface area contributed by atoms with Gasteiger partial charge in [-0.1, -0.05) is 30.3 Å². The number of carbonyl (C=O) groups is 1. The number of benzene rings is 1. The highest BCUT2D eigenvalue weighted by atomic mass is 16.5. The Morgan fingerprint density at radius 3 is 2.60 bits per heavy atom. The predicted octanol–water partition coefficient (Wildman–Crippen LogP) is -0.700. The quantitative estimate of drug-likeness (QED) is 0.584. The molecule has 0 aromatic heterocycles. The van der Waals surface area contributed by atoms with Gasteiger partial charge >= 0.3 is 0 Å². The van der Waals surface area contributed by atoms with Crippen LogP contribution in [0.2, 0.25) is 0 Å². The van der Waals surface area contributed by atoms with Crippen LogP contribution in [0.5, 0.6) is 0 Å². The number of nitrogens with one attached hydrogen (secondary N) is 1. The second kappa shape index (κ2) is 6.51. The Hall–Kier alpha value is -1.89. The maximum absolute atomic E-state index is 11.9. The lowest BCUT2D eigenvalue weighted by Gasteiger charge is -2.30. The van der Waals surface area contributed by atoms with Crippen LogP contribution in [0.4, 0.5) is 0 Å². The first-order chi connectivity index (χ1) is 9.61. The van der Waals surface area contributed by atoms with E-state index in [0.717, 1.165) is 11.6 Å². The maximum Gasteiger partial charge on any atom is 0.286 e. The molecule has 6 nitrogen and oxygen atoms in total. The van der Waals surface area contributed by atoms with Crippen molar-refractivity contribution in [3.63, 3.8) is 0 Å². The highest BCUT2D eigenvalue weighted by molar-refractivity contribution is 5.91. The van der Waals surface area contributed by atoms with Crippen LogP contribution in [0.1, 0.15) is 5.56 Å². The van der Waals surface area contributed by atoms with Crippen molar-refractivity contribution in [2.24, 2.45) is 0 Å². The molecule has 0 saturated carbocycles. The van der Waals surface area contributed by atoms with Crippen LogP contribution >= 0.6 is 0 Å². The summed E-state index contributed by atoms with van der Waals surface area (Å²) >= 11 is 0. The first-order valence-electron chi connectivity index (χ1n) is 6.29. The molecule has 1 amide bonds. The van der Waals surface area contributed by atoms with E-state index in [2.05, 4.69) is 5.32 Å². The minimum Gasteiger partial charge on any atom is -0.480 e. The number of rotatable bonds is 4. The molecule has 0 unspecified atom stereocenters. The SMILES string of the molecule is O=C(NCc1ccccc1)C1=C[C@@H](O)[C@@H](O)[C@@H](CO)O1. The smallest absolute Gasteiger partial charge is 0.286 e. The third kappa shape index (κ3) is 3.36. The van der Waals surface area contributed by atoms with Gasteiger partial charge in [-0.05, 0) is 11.6 Å². The first kappa shape index (κ1) is 14.5. The van der Waals surface area contributed by atoms with Gasteiger partial charge in [0.2, 0.25) is 0 Å². The van der Waals surface area contributed by atoms with Gasteiger partial charge in [-0.3, -0.25) is 4.79 Å². The van der Waals surface area contributed by atoms with Crippen LogP contribution < -0.4 is 5.32 Å². The molecule has 4 N–H and O–H groups in total. The molecule has 6 heteroatoms. The Morgan fingerprint density at radius 2 is 1.95 bits per heavy atom. The molecule has 0 aliphatic carbocycles. The van der Waals surface area contributed by atoms with E-state index in [1.165, 1.54) is 0 Å². The van der Waals surface area contributed by atoms with Crippen LogP contribution in [0.3, 0.4) is 0 Å². The zero-order chi connectivity index (χ0) is 14.5. The molecule has 3 atom stereocenters. The second-order valence-electron chi connectivity index (χ2n) is 4.52. The van der Waals surface area contributed by atoms with Crippen LogP contribution in [-0.4, -0.2) is 46.1 Å². The molecule has 1 heterocycles. The summed E-state index contributed by atoms with van der Waals surface area (Å²) in [6.45, 7) is -0.162. The molecule has 1 aliphatic heterocycles. The molecule has 1 aromatic rings. The molecule has 20 heavy (non-hydrogen) atoms. The van der Waals surface area contributed by atoms with Gasteiger partial charge in [0, 0.05) is 6.54 Å². The molecule has 1 aliphatic rings. The monoisotopic (exact) mass is 279 g/mol. The fourth-order valence-electron chi connectivity index (χ4n) is 1.89. The van der Waals surface area contributed by atoms with Crippen molar-refractivity contribution in [3.05, 3.63) is 47.7 Å². The van der Waals surface area contributed by atoms with E-state index in [0.29, 0.717) is 6.54 Å². The number of hydrogen-bond acceptors (Lipinski definition) is 5. The predicted molar refractivity (Wildman–Crippen MR) is 70.3 cm³/mol. The van der Waals surface area contributed by atoms with Crippen LogP contribution in [0, 0.1) is 0 Å². The molecule has 108 valence electrons. The summed E-state index contributed by atoms with van der Waals surface area (Å²) in [5, 5.41) is 30.8. The first-order valence-corrected chi connectivity index (χ1v) is 6.29. The Kier molecular flexibility index (Phi) is 4.73. The number of amides is 1. The Bertz CT molecular complexity index is 488. The molecule has 0 spiro atoms. The van der Waals surface area contributed by atoms with Crippen LogP contribution in [0.25, 0.3) is 0 Å². The molecule has 2 rings (SSSR count). The third-order valence-electron chi connectivity index (χ3n) is 3.03. The Labute approximate surface area is 116 Å². The molecular weight excluding hydrogens is 262 g/mol. The van der Waals surface area contributed by atoms with Gasteiger partial charge in [0.25, 0.3) is 5.91 Å². The summed E-state index contributed by atoms with van der Waals surface area (Å²) in [6, 6.07) is 9.33. The number of aliphatic hydroxyl groups is 3. The zero-order valence-electron chi connectivity index (χ0n) is 10.8. The van der Waals surface area contributed by atoms with Gasteiger partial charge in [-0.25, -0.2) is 0 Å². The van der Waals surface area contributed by atoms with E-state index in [1.807, 2.05) is 30.3 Å². The fraction of sp³-hybridized carbons (Fsp3) is 0.357. The number of hydrogen-bond donors (Lipinski definition) is 4. The highest BCUT2D eigenvalue weighted by Gasteiger charge is 2.33. The summed E-state index contributed by atoms with van der Waals surface area (Å²) < 4.78 is 5.16. The summed E-state index contributed by atoms with van der Waals surface area (Å²) in [7, 11) is 0. The van der Waals surface area contributed by atoms with Gasteiger partial charge in [0.1, 0.15) is 12.2 Å². The summed E-state index contributed by atoms with van der Waals surface area (Å²) in [6.07, 6.45) is -2.35. The average Bonchev–Trinajstić information content (AvgIpc) is 2.48. The van der Waals surface area contributed by atoms with E-state index < -0.39 is 30.8 Å². The van der Waals surface area contributed by atoms with Crippen LogP contribution in [-0.2, 0) is 16.1 Å². The number of carbonyl (C=O) groups excluding carboxylic acids is 1. The van der Waals surface area contributed by atoms with Gasteiger partial charge in [0.15, 0.2) is 11.9 Å². The van der Waals surface area contributed by atoms with Crippen molar-refractivity contribution in [3.8, 4) is 0 Å². The molecule has 0 bridgehead atoms. The topological polar surface area (TPSA) is 99.0 Å². The zero-order valence-corrected chi connectivity index (χ0v) is 10.8. The van der Waals surface area contributed by atoms with Crippen molar-refractivity contribution >= 4 is 5.91 Å². The molecule has 0 radical (unpaired) electrons. The van der Waals surface area contributed by atoms with Gasteiger partial charge in [-0.2, -0.15) is 0 Å². The summed E-state index contributed by atoms with van der Waals surface area (Å²) in [5.41, 5.74) is 0.927. The Balaban J connectivity index is 1.97. The van der Waals surface area contributed by atoms with Crippen molar-refractivity contribution in [1.29, 1.82) is 0 Å². The Morgan fingerprint density at radius 1 is 1.25 bits per heavy atom. The van der Waals surface area contributed by atoms with E-state index in [-0.39, 0.29) is 5.76 Å². The van der Waals surface area contributed by atoms with Crippen molar-refractivity contribution in [2.75, 3.05) is 6.61 Å². The fourth-order valence-corrected chi connectivity index (χ4v) is 1.89. The number of ether oxygens (including phenoxy) is 1. The molecular formula is C14H17NO5. The second-order valence-corrected chi connectivity index (χ2v) is 4.52. The van der Waals surface area contributed by atoms with Gasteiger partial charge in [0.05, 0.1) is 6.61 Å². The maximum atomic E-state index is 11.9. The van der Waals surface area contributed by atoms with E-state index in [4.69, 9.17) is 9.84 Å². The summed E-state index contributed by atoms with van der Waals surface area (Å²) in [5.74, 6) is -0.601. The normalized spacial score (nSPS) is 25.6. The standard InChI is InChI=1S/C14H17NO5/c16-8-12-13(18)10(17)6-11(20-12)14(19)15-7-9-4-2-1-3-5-9/h1-6,10,12-13,16-18H,7-8H2,(H,15,19)/t10-,12-,13-/m1/s1. The minimum absolute atomic E-state index is 0.0993. The third-order valence-corrected chi connectivity index (χ3v) is 3.03. The van der Waals surface area contributed by atoms with Crippen molar-refractivity contribution in [2.45, 2.75) is 24.9 Å². The van der Waals surface area contributed by atoms with Crippen molar-refractivity contribution < 1.29 is 24.9 Å². The minimum atomic E-state index is -1.24. The molecule has 0 fully saturated rings. The number of aliphatic hydroxyl groups excluding tert-OH is 3. The van der Waals surface area contributed by atoms with Crippen molar-refractivity contribution in [1.82, 2.24) is 5.32 Å². The lowest BCUT2D eigenvalue weighted by Crippen LogP contribution is -2.45. The van der Waals surface area contributed by atoms with E-state index in [9.17, 15) is 15.0 Å². The van der Waals surface area contributed by atoms with Gasteiger partial charge < -0.3 is 25.4 Å². The molecule has 1 aromatic carbocycles. The van der Waals surface area contributed by atoms with Gasteiger partial charge in [-0.15, -0.1) is 0 Å². The van der Waals surface area contributed by atoms with E-state index in [1.54, 1.807) is 0 Å².